The summed E-state index contributed by atoms with van der Waals surface area (Å²) in [6.45, 7) is 8.83. The van der Waals surface area contributed by atoms with Crippen LogP contribution in [0.25, 0.3) is 93.7 Å². The molecule has 0 aromatic heterocycles. The zero-order valence-electron chi connectivity index (χ0n) is 38.8. The fraction of sp³-hybridized carbons (Fsp3) is 0.0606. The third-order valence-corrected chi connectivity index (χ3v) is 14.8. The number of anilines is 3. The molecule has 0 fully saturated rings. The molecule has 326 valence electrons. The molecule has 13 rings (SSSR count). The summed E-state index contributed by atoms with van der Waals surface area (Å²) in [6.07, 6.45) is 1.79. The molecule has 69 heavy (non-hydrogen) atoms. The normalized spacial score (nSPS) is 12.7. The van der Waals surface area contributed by atoms with Crippen molar-refractivity contribution in [2.24, 2.45) is 0 Å². The number of hydrogen-bond donors (Lipinski definition) is 0. The summed E-state index contributed by atoms with van der Waals surface area (Å²) in [7, 11) is 0. The highest BCUT2D eigenvalue weighted by molar-refractivity contribution is 6.42. The van der Waals surface area contributed by atoms with Gasteiger partial charge in [0.2, 0.25) is 0 Å². The molecule has 0 saturated carbocycles. The number of hydrogen-bond acceptors (Lipinski definition) is 3. The predicted octanol–water partition coefficient (Wildman–Crippen LogP) is 17.4. The van der Waals surface area contributed by atoms with Crippen LogP contribution in [-0.4, -0.2) is 11.6 Å². The Morgan fingerprint density at radius 1 is 0.333 bits per heavy atom. The molecule has 0 atom stereocenters. The molecule has 2 aliphatic carbocycles. The highest BCUT2D eigenvalue weighted by atomic mass is 16.2. The van der Waals surface area contributed by atoms with Crippen molar-refractivity contribution >= 4 is 77.8 Å². The van der Waals surface area contributed by atoms with Gasteiger partial charge >= 0.3 is 0 Å². The Balaban J connectivity index is 1.09. The number of carbonyl (C=O) groups is 2. The maximum atomic E-state index is 13.9. The molecular formula is C66H45NO2. The second kappa shape index (κ2) is 15.4. The van der Waals surface area contributed by atoms with E-state index in [1.807, 2.05) is 42.5 Å². The van der Waals surface area contributed by atoms with E-state index in [4.69, 9.17) is 0 Å². The second-order valence-electron chi connectivity index (χ2n) is 18.9. The number of carbonyl (C=O) groups excluding carboxylic acids is 2. The van der Waals surface area contributed by atoms with Crippen LogP contribution in [0.4, 0.5) is 17.1 Å². The van der Waals surface area contributed by atoms with E-state index >= 15 is 0 Å². The molecule has 3 heteroatoms. The summed E-state index contributed by atoms with van der Waals surface area (Å²) >= 11 is 0. The number of fused-ring (bicyclic) bond motifs is 7. The van der Waals surface area contributed by atoms with Crippen molar-refractivity contribution in [3.63, 3.8) is 0 Å². The van der Waals surface area contributed by atoms with Crippen LogP contribution in [0.1, 0.15) is 48.5 Å². The van der Waals surface area contributed by atoms with E-state index in [9.17, 15) is 9.59 Å². The van der Waals surface area contributed by atoms with Crippen LogP contribution in [-0.2, 0) is 0 Å². The molecule has 0 spiro atoms. The number of benzene rings is 11. The Morgan fingerprint density at radius 3 is 1.38 bits per heavy atom. The molecule has 3 nitrogen and oxygen atoms in total. The molecule has 0 saturated heterocycles. The Hall–Kier alpha value is -8.66. The number of aryl methyl sites for hydroxylation is 4. The zero-order chi connectivity index (χ0) is 46.7. The summed E-state index contributed by atoms with van der Waals surface area (Å²) in [4.78, 5) is 30.3. The average molecular weight is 884 g/mol. The largest absolute Gasteiger partial charge is 0.309 e. The van der Waals surface area contributed by atoms with Crippen LogP contribution in [0.5, 0.6) is 0 Å². The highest BCUT2D eigenvalue weighted by Gasteiger charge is 2.35. The van der Waals surface area contributed by atoms with Crippen molar-refractivity contribution < 1.29 is 9.59 Å². The van der Waals surface area contributed by atoms with Gasteiger partial charge in [0.15, 0.2) is 11.6 Å². The fourth-order valence-electron chi connectivity index (χ4n) is 11.5. The van der Waals surface area contributed by atoms with E-state index in [2.05, 4.69) is 184 Å². The first-order valence-corrected chi connectivity index (χ1v) is 23.7. The molecule has 0 N–H and O–H groups in total. The van der Waals surface area contributed by atoms with Crippen LogP contribution < -0.4 is 4.90 Å². The lowest BCUT2D eigenvalue weighted by atomic mass is 9.80. The summed E-state index contributed by atoms with van der Waals surface area (Å²) < 4.78 is 0. The van der Waals surface area contributed by atoms with Crippen LogP contribution in [0, 0.1) is 27.7 Å². The first-order valence-electron chi connectivity index (χ1n) is 23.7. The third kappa shape index (κ3) is 6.13. The molecule has 0 bridgehead atoms. The van der Waals surface area contributed by atoms with Crippen molar-refractivity contribution in [1.29, 1.82) is 0 Å². The van der Waals surface area contributed by atoms with Crippen LogP contribution >= 0.6 is 0 Å². The van der Waals surface area contributed by atoms with E-state index in [0.717, 1.165) is 49.6 Å². The van der Waals surface area contributed by atoms with E-state index in [1.165, 1.54) is 82.9 Å². The maximum Gasteiger partial charge on any atom is 0.197 e. The SMILES string of the molecule is Cc1ccccc1-c1c2c(c(-c3ccccc3C)c3cc4cc(C=C5C(=O)c6cc7ccccc7cc6C5=O)ccc4cc13)-c1cccc3c(N(c4ccccc4C)c4ccccc4C)ccc-2c13. The summed E-state index contributed by atoms with van der Waals surface area (Å²) in [5.74, 6) is -0.449. The molecular weight excluding hydrogens is 839 g/mol. The van der Waals surface area contributed by atoms with Gasteiger partial charge in [-0.05, 0) is 192 Å². The number of rotatable bonds is 6. The Bertz CT molecular complexity index is 4010. The van der Waals surface area contributed by atoms with Crippen molar-refractivity contribution in [3.05, 3.63) is 239 Å². The Kier molecular flexibility index (Phi) is 9.09. The number of para-hydroxylation sites is 2. The molecule has 0 amide bonds. The Labute approximate surface area is 401 Å². The van der Waals surface area contributed by atoms with Gasteiger partial charge in [0.25, 0.3) is 0 Å². The van der Waals surface area contributed by atoms with E-state index < -0.39 is 0 Å². The third-order valence-electron chi connectivity index (χ3n) is 14.8. The number of allylic oxidation sites excluding steroid dienone is 1. The minimum Gasteiger partial charge on any atom is -0.309 e. The number of Topliss-reactive ketones (excluding diaryl/α,β-unsaturated/α-hetero) is 2. The van der Waals surface area contributed by atoms with Crippen LogP contribution in [0.3, 0.4) is 0 Å². The zero-order valence-corrected chi connectivity index (χ0v) is 38.8. The quantitative estimate of drug-likeness (QED) is 0.0948. The number of nitrogens with zero attached hydrogens (tertiary/aromatic N) is 1. The van der Waals surface area contributed by atoms with Crippen molar-refractivity contribution in [1.82, 2.24) is 0 Å². The summed E-state index contributed by atoms with van der Waals surface area (Å²) in [5, 5.41) is 8.77. The first-order chi connectivity index (χ1) is 33.7. The lowest BCUT2D eigenvalue weighted by Gasteiger charge is -2.30. The standard InChI is InChI=1S/C66H45NO2/c1-38-16-5-11-22-47(38)61-52-34-45-29-28-42(33-56-65(68)54-35-43-20-9-10-21-44(43)36-55(54)66(56)69)32-46(45)37-53(52)62(48-23-12-6-17-39(48)2)63-50-25-15-24-49-59(31-30-51(60(49)50)64(61)63)67(57-26-13-7-18-40(57)3)58-27-14-8-19-41(58)4/h5-37H,1-4H3. The molecule has 0 unspecified atom stereocenters. The molecule has 0 radical (unpaired) electrons. The van der Waals surface area contributed by atoms with Gasteiger partial charge in [0.1, 0.15) is 0 Å². The minimum absolute atomic E-state index is 0.203. The monoisotopic (exact) mass is 883 g/mol. The van der Waals surface area contributed by atoms with E-state index in [0.29, 0.717) is 11.1 Å². The topological polar surface area (TPSA) is 37.4 Å². The van der Waals surface area contributed by atoms with Gasteiger partial charge in [-0.15, -0.1) is 0 Å². The maximum absolute atomic E-state index is 13.9. The van der Waals surface area contributed by atoms with E-state index in [1.54, 1.807) is 6.08 Å². The van der Waals surface area contributed by atoms with E-state index in [-0.39, 0.29) is 17.1 Å². The Morgan fingerprint density at radius 2 is 0.812 bits per heavy atom. The van der Waals surface area contributed by atoms with Gasteiger partial charge in [-0.2, -0.15) is 0 Å². The van der Waals surface area contributed by atoms with Crippen LogP contribution in [0.15, 0.2) is 200 Å². The molecule has 0 aliphatic heterocycles. The van der Waals surface area contributed by atoms with Gasteiger partial charge in [0, 0.05) is 27.9 Å². The second-order valence-corrected chi connectivity index (χ2v) is 18.9. The van der Waals surface area contributed by atoms with Gasteiger partial charge in [-0.3, -0.25) is 9.59 Å². The highest BCUT2D eigenvalue weighted by Crippen LogP contribution is 2.60. The smallest absolute Gasteiger partial charge is 0.197 e. The van der Waals surface area contributed by atoms with Crippen molar-refractivity contribution in [3.8, 4) is 44.5 Å². The molecule has 0 heterocycles. The fourth-order valence-corrected chi connectivity index (χ4v) is 11.5. The molecule has 11 aromatic carbocycles. The van der Waals surface area contributed by atoms with Crippen molar-refractivity contribution in [2.45, 2.75) is 27.7 Å². The van der Waals surface area contributed by atoms with Gasteiger partial charge in [-0.1, -0.05) is 146 Å². The molecule has 2 aliphatic rings. The first kappa shape index (κ1) is 40.6. The number of ketones is 2. The van der Waals surface area contributed by atoms with Gasteiger partial charge < -0.3 is 4.90 Å². The summed E-state index contributed by atoms with van der Waals surface area (Å²) in [5.41, 5.74) is 19.9. The van der Waals surface area contributed by atoms with Crippen LogP contribution in [0.2, 0.25) is 0 Å². The molecule has 11 aromatic rings. The lowest BCUT2D eigenvalue weighted by molar-refractivity contribution is 0.0990. The lowest BCUT2D eigenvalue weighted by Crippen LogP contribution is -2.13. The van der Waals surface area contributed by atoms with Crippen molar-refractivity contribution in [2.75, 3.05) is 4.90 Å². The van der Waals surface area contributed by atoms with Gasteiger partial charge in [-0.25, -0.2) is 0 Å². The minimum atomic E-state index is -0.225. The average Bonchev–Trinajstić information content (AvgIpc) is 3.81. The van der Waals surface area contributed by atoms with Gasteiger partial charge in [0.05, 0.1) is 11.3 Å². The predicted molar refractivity (Wildman–Crippen MR) is 288 cm³/mol. The summed E-state index contributed by atoms with van der Waals surface area (Å²) in [6, 6.07) is 69.1.